The van der Waals surface area contributed by atoms with Crippen LogP contribution in [0.4, 0.5) is 17.5 Å². The Hall–Kier alpha value is -1.81. The number of hydrogen-bond donors (Lipinski definition) is 1. The van der Waals surface area contributed by atoms with Gasteiger partial charge >= 0.3 is 0 Å². The van der Waals surface area contributed by atoms with Crippen LogP contribution in [0.15, 0.2) is 30.3 Å². The Balaban J connectivity index is 1.88. The fourth-order valence-corrected chi connectivity index (χ4v) is 2.56. The van der Waals surface area contributed by atoms with E-state index in [1.54, 1.807) is 0 Å². The molecule has 1 fully saturated rings. The molecule has 5 heteroatoms. The topological polar surface area (TPSA) is 41.1 Å². The highest BCUT2D eigenvalue weighted by Crippen LogP contribution is 2.25. The van der Waals surface area contributed by atoms with Gasteiger partial charge in [-0.25, -0.2) is 4.98 Å². The fourth-order valence-electron chi connectivity index (χ4n) is 2.38. The van der Waals surface area contributed by atoms with Crippen molar-refractivity contribution in [2.45, 2.75) is 19.8 Å². The monoisotopic (exact) mass is 288 g/mol. The van der Waals surface area contributed by atoms with Crippen molar-refractivity contribution in [2.75, 3.05) is 23.3 Å². The first kappa shape index (κ1) is 13.2. The number of aromatic nitrogens is 2. The van der Waals surface area contributed by atoms with Crippen molar-refractivity contribution in [3.8, 4) is 0 Å². The number of nitrogens with zero attached hydrogens (tertiary/aromatic N) is 3. The van der Waals surface area contributed by atoms with Crippen LogP contribution < -0.4 is 10.2 Å². The van der Waals surface area contributed by atoms with E-state index in [1.165, 1.54) is 12.8 Å². The van der Waals surface area contributed by atoms with Gasteiger partial charge in [0.25, 0.3) is 0 Å². The van der Waals surface area contributed by atoms with E-state index in [-0.39, 0.29) is 0 Å². The molecule has 0 spiro atoms. The van der Waals surface area contributed by atoms with Crippen LogP contribution in [0.25, 0.3) is 0 Å². The molecule has 0 saturated carbocycles. The molecule has 1 aliphatic rings. The Labute approximate surface area is 123 Å². The lowest BCUT2D eigenvalue weighted by molar-refractivity contribution is 0.891. The quantitative estimate of drug-likeness (QED) is 0.933. The van der Waals surface area contributed by atoms with Crippen LogP contribution >= 0.6 is 11.6 Å². The van der Waals surface area contributed by atoms with E-state index in [0.717, 1.165) is 36.2 Å². The summed E-state index contributed by atoms with van der Waals surface area (Å²) >= 11 is 6.16. The van der Waals surface area contributed by atoms with Crippen molar-refractivity contribution in [1.82, 2.24) is 9.97 Å². The average molecular weight is 289 g/mol. The summed E-state index contributed by atoms with van der Waals surface area (Å²) in [5.41, 5.74) is 1.82. The van der Waals surface area contributed by atoms with Crippen LogP contribution in [-0.4, -0.2) is 23.1 Å². The fraction of sp³-hybridized carbons (Fsp3) is 0.333. The van der Waals surface area contributed by atoms with Gasteiger partial charge in [0.1, 0.15) is 5.82 Å². The number of halogens is 1. The Morgan fingerprint density at radius 1 is 1.15 bits per heavy atom. The number of nitrogens with one attached hydrogen (secondary N) is 1. The lowest BCUT2D eigenvalue weighted by atomic mass is 10.3. The minimum atomic E-state index is 0.687. The molecule has 104 valence electrons. The van der Waals surface area contributed by atoms with E-state index < -0.39 is 0 Å². The maximum atomic E-state index is 6.16. The van der Waals surface area contributed by atoms with Gasteiger partial charge in [0, 0.05) is 24.8 Å². The van der Waals surface area contributed by atoms with E-state index in [9.17, 15) is 0 Å². The first-order chi connectivity index (χ1) is 9.72. The third kappa shape index (κ3) is 2.85. The van der Waals surface area contributed by atoms with E-state index >= 15 is 0 Å². The third-order valence-corrected chi connectivity index (χ3v) is 3.70. The Morgan fingerprint density at radius 3 is 2.65 bits per heavy atom. The summed E-state index contributed by atoms with van der Waals surface area (Å²) in [6.07, 6.45) is 2.43. The number of anilines is 3. The third-order valence-electron chi connectivity index (χ3n) is 3.37. The van der Waals surface area contributed by atoms with E-state index in [4.69, 9.17) is 11.6 Å². The molecule has 4 nitrogen and oxygen atoms in total. The maximum absolute atomic E-state index is 6.16. The highest BCUT2D eigenvalue weighted by atomic mass is 35.5. The minimum Gasteiger partial charge on any atom is -0.341 e. The molecule has 1 N–H and O–H groups in total. The number of benzene rings is 1. The van der Waals surface area contributed by atoms with Crippen molar-refractivity contribution >= 4 is 29.1 Å². The Kier molecular flexibility index (Phi) is 3.74. The molecular formula is C15H17ClN4. The molecule has 2 aromatic rings. The average Bonchev–Trinajstić information content (AvgIpc) is 2.95. The second kappa shape index (κ2) is 5.67. The Bertz CT molecular complexity index is 609. The number of rotatable bonds is 3. The van der Waals surface area contributed by atoms with Crippen LogP contribution in [0.5, 0.6) is 0 Å². The summed E-state index contributed by atoms with van der Waals surface area (Å²) < 4.78 is 0. The molecule has 20 heavy (non-hydrogen) atoms. The zero-order chi connectivity index (χ0) is 13.9. The van der Waals surface area contributed by atoms with Gasteiger partial charge < -0.3 is 10.2 Å². The summed E-state index contributed by atoms with van der Waals surface area (Å²) in [5.74, 6) is 1.59. The largest absolute Gasteiger partial charge is 0.341 e. The first-order valence-electron chi connectivity index (χ1n) is 6.84. The molecule has 1 aromatic heterocycles. The molecule has 0 unspecified atom stereocenters. The van der Waals surface area contributed by atoms with Crippen LogP contribution in [0.3, 0.4) is 0 Å². The standard InChI is InChI=1S/C15H17ClN4/c1-11-10-14(18-13-7-3-2-6-12(13)16)19-15(17-11)20-8-4-5-9-20/h2-3,6-7,10H,4-5,8-9H2,1H3,(H,17,18,19). The van der Waals surface area contributed by atoms with E-state index in [1.807, 2.05) is 37.3 Å². The second-order valence-corrected chi connectivity index (χ2v) is 5.40. The first-order valence-corrected chi connectivity index (χ1v) is 7.22. The molecule has 1 saturated heterocycles. The van der Waals surface area contributed by atoms with Crippen LogP contribution in [0.2, 0.25) is 5.02 Å². The zero-order valence-electron chi connectivity index (χ0n) is 11.4. The highest BCUT2D eigenvalue weighted by Gasteiger charge is 2.16. The maximum Gasteiger partial charge on any atom is 0.227 e. The highest BCUT2D eigenvalue weighted by molar-refractivity contribution is 6.33. The molecule has 0 aliphatic carbocycles. The number of hydrogen-bond acceptors (Lipinski definition) is 4. The van der Waals surface area contributed by atoms with Gasteiger partial charge in [-0.15, -0.1) is 0 Å². The van der Waals surface area contributed by atoms with Crippen LogP contribution in [0, 0.1) is 6.92 Å². The van der Waals surface area contributed by atoms with E-state index in [2.05, 4.69) is 20.2 Å². The van der Waals surface area contributed by atoms with Crippen molar-refractivity contribution in [1.29, 1.82) is 0 Å². The molecule has 0 amide bonds. The smallest absolute Gasteiger partial charge is 0.227 e. The van der Waals surface area contributed by atoms with Crippen LogP contribution in [0.1, 0.15) is 18.5 Å². The molecule has 2 heterocycles. The Morgan fingerprint density at radius 2 is 1.90 bits per heavy atom. The molecule has 0 bridgehead atoms. The zero-order valence-corrected chi connectivity index (χ0v) is 12.2. The number of para-hydroxylation sites is 1. The van der Waals surface area contributed by atoms with Crippen molar-refractivity contribution in [3.63, 3.8) is 0 Å². The van der Waals surface area contributed by atoms with Gasteiger partial charge in [0.2, 0.25) is 5.95 Å². The molecule has 0 atom stereocenters. The van der Waals surface area contributed by atoms with Crippen molar-refractivity contribution in [3.05, 3.63) is 41.0 Å². The van der Waals surface area contributed by atoms with Gasteiger partial charge in [-0.2, -0.15) is 4.98 Å². The summed E-state index contributed by atoms with van der Waals surface area (Å²) in [4.78, 5) is 11.3. The van der Waals surface area contributed by atoms with Crippen LogP contribution in [-0.2, 0) is 0 Å². The second-order valence-electron chi connectivity index (χ2n) is 4.99. The predicted molar refractivity (Wildman–Crippen MR) is 83.0 cm³/mol. The normalized spacial score (nSPS) is 14.6. The lowest BCUT2D eigenvalue weighted by Crippen LogP contribution is -2.21. The number of aryl methyl sites for hydroxylation is 1. The van der Waals surface area contributed by atoms with Gasteiger partial charge in [-0.3, -0.25) is 0 Å². The summed E-state index contributed by atoms with van der Waals surface area (Å²) in [6, 6.07) is 9.59. The lowest BCUT2D eigenvalue weighted by Gasteiger charge is -2.17. The summed E-state index contributed by atoms with van der Waals surface area (Å²) in [5, 5.41) is 3.95. The molecule has 0 radical (unpaired) electrons. The minimum absolute atomic E-state index is 0.687. The van der Waals surface area contributed by atoms with E-state index in [0.29, 0.717) is 5.02 Å². The van der Waals surface area contributed by atoms with Crippen molar-refractivity contribution < 1.29 is 0 Å². The molecule has 1 aliphatic heterocycles. The molecular weight excluding hydrogens is 272 g/mol. The van der Waals surface area contributed by atoms with Gasteiger partial charge in [0.15, 0.2) is 0 Å². The SMILES string of the molecule is Cc1cc(Nc2ccccc2Cl)nc(N2CCCC2)n1. The van der Waals surface area contributed by atoms with Gasteiger partial charge in [-0.1, -0.05) is 23.7 Å². The van der Waals surface area contributed by atoms with Crippen molar-refractivity contribution in [2.24, 2.45) is 0 Å². The van der Waals surface area contributed by atoms with Gasteiger partial charge in [0.05, 0.1) is 10.7 Å². The molecule has 1 aromatic carbocycles. The predicted octanol–water partition coefficient (Wildman–Crippen LogP) is 3.78. The summed E-state index contributed by atoms with van der Waals surface area (Å²) in [7, 11) is 0. The van der Waals surface area contributed by atoms with Gasteiger partial charge in [-0.05, 0) is 31.9 Å². The summed E-state index contributed by atoms with van der Waals surface area (Å²) in [6.45, 7) is 4.06. The molecule has 3 rings (SSSR count).